The third-order valence-corrected chi connectivity index (χ3v) is 5.14. The summed E-state index contributed by atoms with van der Waals surface area (Å²) in [7, 11) is 1.66. The van der Waals surface area contributed by atoms with Crippen LogP contribution in [0.3, 0.4) is 0 Å². The number of nitrogens with one attached hydrogen (secondary N) is 1. The molecule has 1 fully saturated rings. The van der Waals surface area contributed by atoms with Gasteiger partial charge >= 0.3 is 0 Å². The molecule has 1 aliphatic rings. The second-order valence-electron chi connectivity index (χ2n) is 6.73. The standard InChI is InChI=1S/C19H22N6O2S/c1-26-16-5-3-15(4-6-16)13-17-22-25(19(28)27-17)14-23-9-11-24(12-10-23)18-20-7-2-8-21-18/h2-8H,9-14H2,1H3/p+1. The van der Waals surface area contributed by atoms with Gasteiger partial charge in [-0.15, -0.1) is 5.10 Å². The van der Waals surface area contributed by atoms with Crippen molar-refractivity contribution >= 4 is 18.2 Å². The number of hydrogen-bond acceptors (Lipinski definition) is 7. The van der Waals surface area contributed by atoms with Crippen molar-refractivity contribution in [2.75, 3.05) is 38.2 Å². The van der Waals surface area contributed by atoms with Crippen LogP contribution in [0.5, 0.6) is 5.75 Å². The Bertz CT molecular complexity index is 949. The second kappa shape index (κ2) is 8.49. The first-order chi connectivity index (χ1) is 13.7. The highest BCUT2D eigenvalue weighted by molar-refractivity contribution is 7.71. The number of anilines is 1. The van der Waals surface area contributed by atoms with E-state index in [-0.39, 0.29) is 0 Å². The highest BCUT2D eigenvalue weighted by atomic mass is 32.1. The molecule has 0 radical (unpaired) electrons. The van der Waals surface area contributed by atoms with E-state index in [2.05, 4.69) is 20.0 Å². The van der Waals surface area contributed by atoms with Crippen LogP contribution in [0.1, 0.15) is 11.5 Å². The smallest absolute Gasteiger partial charge is 0.291 e. The Labute approximate surface area is 168 Å². The van der Waals surface area contributed by atoms with Gasteiger partial charge in [-0.1, -0.05) is 12.1 Å². The van der Waals surface area contributed by atoms with E-state index in [1.165, 1.54) is 4.90 Å². The van der Waals surface area contributed by atoms with Crippen LogP contribution in [0.25, 0.3) is 0 Å². The molecule has 1 saturated heterocycles. The predicted octanol–water partition coefficient (Wildman–Crippen LogP) is 0.958. The largest absolute Gasteiger partial charge is 0.497 e. The van der Waals surface area contributed by atoms with Gasteiger partial charge in [-0.3, -0.25) is 0 Å². The fourth-order valence-corrected chi connectivity index (χ4v) is 3.49. The normalized spacial score (nSPS) is 15.0. The molecule has 0 unspecified atom stereocenters. The van der Waals surface area contributed by atoms with E-state index in [0.29, 0.717) is 23.8 Å². The van der Waals surface area contributed by atoms with E-state index in [1.54, 1.807) is 24.2 Å². The molecule has 1 N–H and O–H groups in total. The van der Waals surface area contributed by atoms with Crippen LogP contribution >= 0.6 is 12.2 Å². The van der Waals surface area contributed by atoms with Gasteiger partial charge in [0.15, 0.2) is 6.67 Å². The van der Waals surface area contributed by atoms with Crippen molar-refractivity contribution in [3.8, 4) is 5.75 Å². The summed E-state index contributed by atoms with van der Waals surface area (Å²) in [5.41, 5.74) is 1.10. The molecule has 1 aromatic carbocycles. The number of nitrogens with zero attached hydrogens (tertiary/aromatic N) is 5. The topological polar surface area (TPSA) is 73.7 Å². The molecule has 9 heteroatoms. The molecule has 0 amide bonds. The van der Waals surface area contributed by atoms with E-state index in [4.69, 9.17) is 21.4 Å². The van der Waals surface area contributed by atoms with Crippen LogP contribution in [0.2, 0.25) is 0 Å². The first-order valence-electron chi connectivity index (χ1n) is 9.26. The minimum Gasteiger partial charge on any atom is -0.497 e. The molecule has 3 heterocycles. The van der Waals surface area contributed by atoms with Crippen LogP contribution < -0.4 is 14.5 Å². The van der Waals surface area contributed by atoms with Crippen LogP contribution in [0, 0.1) is 4.84 Å². The highest BCUT2D eigenvalue weighted by Crippen LogP contribution is 2.14. The molecule has 1 aliphatic heterocycles. The number of hydrogen-bond donors (Lipinski definition) is 1. The molecule has 4 rings (SSSR count). The Hall–Kier alpha value is -2.78. The quantitative estimate of drug-likeness (QED) is 0.619. The van der Waals surface area contributed by atoms with Gasteiger partial charge in [0.1, 0.15) is 5.75 Å². The third kappa shape index (κ3) is 4.37. The average molecular weight is 400 g/mol. The van der Waals surface area contributed by atoms with Crippen molar-refractivity contribution in [3.05, 3.63) is 59.0 Å². The molecule has 0 spiro atoms. The third-order valence-electron chi connectivity index (χ3n) is 4.84. The van der Waals surface area contributed by atoms with Crippen LogP contribution in [-0.4, -0.2) is 53.0 Å². The van der Waals surface area contributed by atoms with Gasteiger partial charge in [-0.25, -0.2) is 9.97 Å². The van der Waals surface area contributed by atoms with Gasteiger partial charge < -0.3 is 19.0 Å². The lowest BCUT2D eigenvalue weighted by Crippen LogP contribution is -3.14. The fraction of sp³-hybridized carbons (Fsp3) is 0.368. The van der Waals surface area contributed by atoms with Crippen molar-refractivity contribution in [2.24, 2.45) is 0 Å². The van der Waals surface area contributed by atoms with Gasteiger partial charge in [0.2, 0.25) is 11.8 Å². The molecule has 2 aromatic heterocycles. The molecular formula is C19H23N6O2S+. The van der Waals surface area contributed by atoms with Gasteiger partial charge in [0.25, 0.3) is 4.84 Å². The summed E-state index contributed by atoms with van der Waals surface area (Å²) >= 11 is 5.37. The van der Waals surface area contributed by atoms with Crippen LogP contribution in [-0.2, 0) is 13.1 Å². The molecule has 28 heavy (non-hydrogen) atoms. The summed E-state index contributed by atoms with van der Waals surface area (Å²) < 4.78 is 12.7. The first-order valence-corrected chi connectivity index (χ1v) is 9.67. The number of methoxy groups -OCH3 is 1. The summed E-state index contributed by atoms with van der Waals surface area (Å²) in [6.07, 6.45) is 4.16. The zero-order valence-electron chi connectivity index (χ0n) is 15.7. The van der Waals surface area contributed by atoms with Crippen molar-refractivity contribution in [1.82, 2.24) is 19.7 Å². The molecule has 146 valence electrons. The molecule has 0 bridgehead atoms. The van der Waals surface area contributed by atoms with Crippen LogP contribution in [0.4, 0.5) is 5.95 Å². The molecule has 0 aliphatic carbocycles. The van der Waals surface area contributed by atoms with Gasteiger partial charge in [0, 0.05) is 12.4 Å². The lowest BCUT2D eigenvalue weighted by molar-refractivity contribution is -0.924. The molecular weight excluding hydrogens is 376 g/mol. The Morgan fingerprint density at radius 3 is 2.54 bits per heavy atom. The maximum Gasteiger partial charge on any atom is 0.291 e. The van der Waals surface area contributed by atoms with Gasteiger partial charge in [0.05, 0.1) is 39.7 Å². The predicted molar refractivity (Wildman–Crippen MR) is 106 cm³/mol. The number of quaternary nitrogens is 1. The van der Waals surface area contributed by atoms with Crippen molar-refractivity contribution in [1.29, 1.82) is 0 Å². The number of piperazine rings is 1. The number of ether oxygens (including phenoxy) is 1. The van der Waals surface area contributed by atoms with E-state index in [0.717, 1.165) is 43.4 Å². The minimum absolute atomic E-state index is 0.421. The maximum absolute atomic E-state index is 5.70. The van der Waals surface area contributed by atoms with Crippen molar-refractivity contribution in [2.45, 2.75) is 13.1 Å². The molecule has 3 aromatic rings. The monoisotopic (exact) mass is 399 g/mol. The second-order valence-corrected chi connectivity index (χ2v) is 7.08. The minimum atomic E-state index is 0.421. The lowest BCUT2D eigenvalue weighted by Gasteiger charge is -2.31. The molecule has 8 nitrogen and oxygen atoms in total. The van der Waals surface area contributed by atoms with E-state index >= 15 is 0 Å². The Morgan fingerprint density at radius 2 is 1.86 bits per heavy atom. The number of aromatic nitrogens is 4. The summed E-state index contributed by atoms with van der Waals surface area (Å²) in [6.45, 7) is 4.46. The van der Waals surface area contributed by atoms with E-state index in [9.17, 15) is 0 Å². The summed E-state index contributed by atoms with van der Waals surface area (Å²) in [5.74, 6) is 2.26. The number of rotatable bonds is 6. The number of benzene rings is 1. The first kappa shape index (κ1) is 18.6. The molecule has 0 saturated carbocycles. The maximum atomic E-state index is 5.70. The van der Waals surface area contributed by atoms with Gasteiger partial charge in [-0.05, 0) is 36.0 Å². The fourth-order valence-electron chi connectivity index (χ4n) is 3.29. The summed E-state index contributed by atoms with van der Waals surface area (Å²) in [5, 5.41) is 4.57. The summed E-state index contributed by atoms with van der Waals surface area (Å²) in [6, 6.07) is 9.71. The Kier molecular flexibility index (Phi) is 5.63. The lowest BCUT2D eigenvalue weighted by atomic mass is 10.1. The van der Waals surface area contributed by atoms with E-state index < -0.39 is 0 Å². The van der Waals surface area contributed by atoms with Crippen molar-refractivity contribution in [3.63, 3.8) is 0 Å². The van der Waals surface area contributed by atoms with Gasteiger partial charge in [-0.2, -0.15) is 4.68 Å². The van der Waals surface area contributed by atoms with E-state index in [1.807, 2.05) is 30.3 Å². The zero-order chi connectivity index (χ0) is 19.3. The Balaban J connectivity index is 1.35. The van der Waals surface area contributed by atoms with Crippen LogP contribution in [0.15, 0.2) is 47.1 Å². The Morgan fingerprint density at radius 1 is 1.14 bits per heavy atom. The SMILES string of the molecule is COc1ccc(Cc2nn(C[NH+]3CCN(c4ncccn4)CC3)c(=S)o2)cc1. The zero-order valence-corrected chi connectivity index (χ0v) is 16.6. The molecule has 0 atom stereocenters. The highest BCUT2D eigenvalue weighted by Gasteiger charge is 2.22. The average Bonchev–Trinajstić information content (AvgIpc) is 3.08. The van der Waals surface area contributed by atoms with Crippen molar-refractivity contribution < 1.29 is 14.1 Å². The summed E-state index contributed by atoms with van der Waals surface area (Å²) in [4.78, 5) is 12.7.